The highest BCUT2D eigenvalue weighted by Crippen LogP contribution is 2.31. The number of amides is 1. The smallest absolute Gasteiger partial charge is 0.404 e. The molecule has 1 heterocycles. The summed E-state index contributed by atoms with van der Waals surface area (Å²) in [5.41, 5.74) is 0. The number of likely N-dealkylation sites (tertiary alicyclic amines) is 1. The van der Waals surface area contributed by atoms with Crippen LogP contribution in [0.1, 0.15) is 25.7 Å². The van der Waals surface area contributed by atoms with Gasteiger partial charge in [-0.25, -0.2) is 4.79 Å². The predicted molar refractivity (Wildman–Crippen MR) is 61.6 cm³/mol. The Balaban J connectivity index is 1.70. The lowest BCUT2D eigenvalue weighted by molar-refractivity contribution is 0.0955. The quantitative estimate of drug-likeness (QED) is 0.624. The molecule has 15 heavy (non-hydrogen) atoms. The van der Waals surface area contributed by atoms with Crippen molar-refractivity contribution in [2.45, 2.75) is 43.0 Å². The molecule has 2 N–H and O–H groups in total. The van der Waals surface area contributed by atoms with Crippen molar-refractivity contribution in [3.05, 3.63) is 0 Å². The van der Waals surface area contributed by atoms with E-state index in [1.807, 2.05) is 0 Å². The van der Waals surface area contributed by atoms with Crippen LogP contribution in [0.5, 0.6) is 0 Å². The maximum atomic E-state index is 10.5. The van der Waals surface area contributed by atoms with Crippen molar-refractivity contribution in [1.29, 1.82) is 0 Å². The van der Waals surface area contributed by atoms with Crippen molar-refractivity contribution in [3.63, 3.8) is 0 Å². The maximum absolute atomic E-state index is 10.5. The number of carbonyl (C=O) groups is 1. The van der Waals surface area contributed by atoms with Gasteiger partial charge in [-0.05, 0) is 25.7 Å². The first-order chi connectivity index (χ1) is 7.15. The van der Waals surface area contributed by atoms with E-state index in [0.29, 0.717) is 11.3 Å². The topological polar surface area (TPSA) is 52.6 Å². The molecule has 0 unspecified atom stereocenters. The number of piperidine rings is 1. The van der Waals surface area contributed by atoms with Crippen molar-refractivity contribution in [2.75, 3.05) is 13.1 Å². The number of thiol groups is 1. The molecule has 2 aliphatic rings. The molecule has 0 radical (unpaired) electrons. The number of nitrogens with zero attached hydrogens (tertiary/aromatic N) is 1. The number of rotatable bonds is 2. The predicted octanol–water partition coefficient (Wildman–Crippen LogP) is 1.18. The van der Waals surface area contributed by atoms with Crippen LogP contribution in [0.25, 0.3) is 0 Å². The van der Waals surface area contributed by atoms with Crippen molar-refractivity contribution in [3.8, 4) is 0 Å². The van der Waals surface area contributed by atoms with Crippen molar-refractivity contribution in [1.82, 2.24) is 10.2 Å². The van der Waals surface area contributed by atoms with Gasteiger partial charge in [-0.15, -0.1) is 0 Å². The van der Waals surface area contributed by atoms with Gasteiger partial charge in [0.15, 0.2) is 0 Å². The number of hydrogen-bond donors (Lipinski definition) is 3. The van der Waals surface area contributed by atoms with Gasteiger partial charge in [-0.2, -0.15) is 12.6 Å². The molecule has 1 saturated carbocycles. The molecule has 5 heteroatoms. The second-order valence-corrected chi connectivity index (χ2v) is 5.27. The lowest BCUT2D eigenvalue weighted by atomic mass is 9.88. The molecular weight excluding hydrogens is 212 g/mol. The monoisotopic (exact) mass is 230 g/mol. The minimum Gasteiger partial charge on any atom is -0.465 e. The van der Waals surface area contributed by atoms with Gasteiger partial charge in [0.1, 0.15) is 0 Å². The Labute approximate surface area is 95.4 Å². The van der Waals surface area contributed by atoms with Gasteiger partial charge in [-0.1, -0.05) is 0 Å². The SMILES string of the molecule is O=C(O)NC1CCN(C2CC(S)C2)CC1. The lowest BCUT2D eigenvalue weighted by Gasteiger charge is -2.44. The van der Waals surface area contributed by atoms with Crippen LogP contribution in [0.3, 0.4) is 0 Å². The molecule has 2 fully saturated rings. The first-order valence-corrected chi connectivity index (χ1v) is 6.08. The largest absolute Gasteiger partial charge is 0.465 e. The highest BCUT2D eigenvalue weighted by Gasteiger charge is 2.33. The Morgan fingerprint density at radius 3 is 2.40 bits per heavy atom. The first-order valence-electron chi connectivity index (χ1n) is 5.56. The third-order valence-corrected chi connectivity index (χ3v) is 3.88. The molecule has 1 saturated heterocycles. The van der Waals surface area contributed by atoms with Gasteiger partial charge in [0.25, 0.3) is 0 Å². The number of nitrogens with one attached hydrogen (secondary N) is 1. The third kappa shape index (κ3) is 2.78. The van der Waals surface area contributed by atoms with E-state index in [9.17, 15) is 4.79 Å². The molecule has 1 aliphatic carbocycles. The summed E-state index contributed by atoms with van der Waals surface area (Å²) in [7, 11) is 0. The average Bonchev–Trinajstić information content (AvgIpc) is 2.14. The summed E-state index contributed by atoms with van der Waals surface area (Å²) < 4.78 is 0. The molecule has 0 bridgehead atoms. The van der Waals surface area contributed by atoms with Crippen LogP contribution in [-0.2, 0) is 0 Å². The second-order valence-electron chi connectivity index (χ2n) is 4.54. The van der Waals surface area contributed by atoms with E-state index in [2.05, 4.69) is 22.8 Å². The van der Waals surface area contributed by atoms with Crippen molar-refractivity contribution < 1.29 is 9.90 Å². The van der Waals surface area contributed by atoms with Gasteiger partial charge < -0.3 is 15.3 Å². The van der Waals surface area contributed by atoms with Gasteiger partial charge in [0.05, 0.1) is 0 Å². The molecule has 2 rings (SSSR count). The number of hydrogen-bond acceptors (Lipinski definition) is 3. The van der Waals surface area contributed by atoms with Crippen LogP contribution >= 0.6 is 12.6 Å². The maximum Gasteiger partial charge on any atom is 0.404 e. The van der Waals surface area contributed by atoms with Gasteiger partial charge in [0.2, 0.25) is 0 Å². The summed E-state index contributed by atoms with van der Waals surface area (Å²) in [4.78, 5) is 12.9. The van der Waals surface area contributed by atoms with E-state index < -0.39 is 6.09 Å². The van der Waals surface area contributed by atoms with Crippen molar-refractivity contribution in [2.24, 2.45) is 0 Å². The Hall–Kier alpha value is -0.420. The molecule has 1 amide bonds. The van der Waals surface area contributed by atoms with E-state index in [0.717, 1.165) is 25.9 Å². The molecule has 0 aromatic heterocycles. The molecule has 0 aromatic rings. The zero-order chi connectivity index (χ0) is 10.8. The molecule has 0 atom stereocenters. The lowest BCUT2D eigenvalue weighted by Crippen LogP contribution is -2.52. The van der Waals surface area contributed by atoms with Crippen LogP contribution < -0.4 is 5.32 Å². The minimum absolute atomic E-state index is 0.158. The van der Waals surface area contributed by atoms with Gasteiger partial charge in [0, 0.05) is 30.4 Å². The third-order valence-electron chi connectivity index (χ3n) is 3.46. The van der Waals surface area contributed by atoms with Crippen LogP contribution in [0.15, 0.2) is 0 Å². The zero-order valence-corrected chi connectivity index (χ0v) is 9.62. The van der Waals surface area contributed by atoms with Crippen molar-refractivity contribution >= 4 is 18.7 Å². The number of carboxylic acid groups (broad SMARTS) is 1. The fraction of sp³-hybridized carbons (Fsp3) is 0.900. The average molecular weight is 230 g/mol. The molecule has 0 spiro atoms. The first kappa shape index (κ1) is 11.1. The van der Waals surface area contributed by atoms with E-state index in [1.54, 1.807) is 0 Å². The zero-order valence-electron chi connectivity index (χ0n) is 8.72. The Morgan fingerprint density at radius 1 is 1.33 bits per heavy atom. The molecule has 86 valence electrons. The summed E-state index contributed by atoms with van der Waals surface area (Å²) in [6.45, 7) is 2.05. The summed E-state index contributed by atoms with van der Waals surface area (Å²) in [6, 6.07) is 0.865. The van der Waals surface area contributed by atoms with Crippen LogP contribution in [0.4, 0.5) is 4.79 Å². The standard InChI is InChI=1S/C10H18N2O2S/c13-10(14)11-7-1-3-12(4-2-7)8-5-9(15)6-8/h7-9,11,15H,1-6H2,(H,13,14). The fourth-order valence-corrected chi connectivity index (χ4v) is 2.93. The summed E-state index contributed by atoms with van der Waals surface area (Å²) in [6.07, 6.45) is 3.38. The van der Waals surface area contributed by atoms with Gasteiger partial charge >= 0.3 is 6.09 Å². The highest BCUT2D eigenvalue weighted by molar-refractivity contribution is 7.81. The van der Waals surface area contributed by atoms with Crippen LogP contribution in [-0.4, -0.2) is 46.5 Å². The minimum atomic E-state index is -0.896. The molecule has 1 aliphatic heterocycles. The molecular formula is C10H18N2O2S. The Morgan fingerprint density at radius 2 is 1.93 bits per heavy atom. The highest BCUT2D eigenvalue weighted by atomic mass is 32.1. The summed E-state index contributed by atoms with van der Waals surface area (Å²) in [5, 5.41) is 11.7. The normalized spacial score (nSPS) is 33.4. The van der Waals surface area contributed by atoms with Crippen LogP contribution in [0.2, 0.25) is 0 Å². The Kier molecular flexibility index (Phi) is 3.41. The van der Waals surface area contributed by atoms with Crippen LogP contribution in [0, 0.1) is 0 Å². The summed E-state index contributed by atoms with van der Waals surface area (Å²) >= 11 is 4.41. The Bertz CT molecular complexity index is 236. The van der Waals surface area contributed by atoms with E-state index in [1.165, 1.54) is 12.8 Å². The second kappa shape index (κ2) is 4.61. The van der Waals surface area contributed by atoms with Gasteiger partial charge in [-0.3, -0.25) is 0 Å². The van der Waals surface area contributed by atoms with E-state index >= 15 is 0 Å². The molecule has 0 aromatic carbocycles. The van der Waals surface area contributed by atoms with E-state index in [-0.39, 0.29) is 6.04 Å². The molecule has 4 nitrogen and oxygen atoms in total. The van der Waals surface area contributed by atoms with E-state index in [4.69, 9.17) is 5.11 Å². The fourth-order valence-electron chi connectivity index (χ4n) is 2.44. The summed E-state index contributed by atoms with van der Waals surface area (Å²) in [5.74, 6) is 0.